The van der Waals surface area contributed by atoms with E-state index in [0.29, 0.717) is 0 Å². The van der Waals surface area contributed by atoms with Crippen LogP contribution >= 0.6 is 0 Å². The fraction of sp³-hybridized carbons (Fsp3) is 0.261. The molecule has 5 heteroatoms. The molecule has 2 aromatic heterocycles. The lowest BCUT2D eigenvalue weighted by Gasteiger charge is -2.42. The van der Waals surface area contributed by atoms with Gasteiger partial charge in [-0.2, -0.15) is 0 Å². The van der Waals surface area contributed by atoms with Gasteiger partial charge in [0.1, 0.15) is 5.82 Å². The summed E-state index contributed by atoms with van der Waals surface area (Å²) in [5, 5.41) is 1.21. The average Bonchev–Trinajstić information content (AvgIpc) is 3.92. The summed E-state index contributed by atoms with van der Waals surface area (Å²) < 4.78 is 5.29. The second-order valence-corrected chi connectivity index (χ2v) is 25.4. The first-order chi connectivity index (χ1) is 35.1. The molecule has 0 amide bonds. The highest BCUT2D eigenvalue weighted by Crippen LogP contribution is 2.53. The second kappa shape index (κ2) is 16.6. The topological polar surface area (TPSA) is 26.0 Å². The van der Waals surface area contributed by atoms with Crippen LogP contribution in [0.3, 0.4) is 0 Å². The fourth-order valence-corrected chi connectivity index (χ4v) is 12.2. The number of imidazole rings is 1. The van der Waals surface area contributed by atoms with E-state index in [1.165, 1.54) is 106 Å². The summed E-state index contributed by atoms with van der Waals surface area (Å²) in [6.07, 6.45) is 0. The maximum Gasteiger partial charge on any atom is 0.333 e. The molecule has 10 aromatic rings. The maximum atomic E-state index is 5.91. The van der Waals surface area contributed by atoms with Crippen molar-refractivity contribution in [3.05, 3.63) is 197 Å². The van der Waals surface area contributed by atoms with Gasteiger partial charge in [-0.3, -0.25) is 4.57 Å². The molecule has 0 aliphatic carbocycles. The molecule has 12 rings (SSSR count). The van der Waals surface area contributed by atoms with E-state index >= 15 is 0 Å². The van der Waals surface area contributed by atoms with Crippen molar-refractivity contribution in [3.63, 3.8) is 0 Å². The molecule has 0 atom stereocenters. The largest absolute Gasteiger partial charge is 0.375 e. The number of benzene rings is 8. The summed E-state index contributed by atoms with van der Waals surface area (Å²) in [7, 11) is 0. The van der Waals surface area contributed by atoms with Gasteiger partial charge >= 0.3 is 6.85 Å². The highest BCUT2D eigenvalue weighted by Gasteiger charge is 2.46. The molecule has 4 heterocycles. The van der Waals surface area contributed by atoms with Crippen LogP contribution in [-0.4, -0.2) is 20.9 Å². The van der Waals surface area contributed by atoms with Crippen LogP contribution in [0.5, 0.6) is 0 Å². The molecule has 74 heavy (non-hydrogen) atoms. The molecule has 2 aliphatic rings. The molecular formula is C69H69BN4. The Hall–Kier alpha value is -7.37. The Morgan fingerprint density at radius 2 is 0.973 bits per heavy atom. The van der Waals surface area contributed by atoms with E-state index in [0.717, 1.165) is 28.2 Å². The Labute approximate surface area is 439 Å². The molecule has 0 spiro atoms. The van der Waals surface area contributed by atoms with Crippen LogP contribution in [0.1, 0.15) is 116 Å². The highest BCUT2D eigenvalue weighted by molar-refractivity contribution is 6.90. The molecular weight excluding hydrogens is 896 g/mol. The lowest BCUT2D eigenvalue weighted by atomic mass is 9.44. The van der Waals surface area contributed by atoms with Crippen LogP contribution in [0, 0.1) is 13.8 Å². The Morgan fingerprint density at radius 1 is 0.432 bits per heavy atom. The molecule has 0 saturated carbocycles. The number of aromatic nitrogens is 3. The zero-order chi connectivity index (χ0) is 52.0. The van der Waals surface area contributed by atoms with Gasteiger partial charge in [0.05, 0.1) is 11.0 Å². The predicted octanol–water partition coefficient (Wildman–Crippen LogP) is 17.2. The Morgan fingerprint density at radius 3 is 1.54 bits per heavy atom. The first-order valence-corrected chi connectivity index (χ1v) is 26.7. The van der Waals surface area contributed by atoms with Crippen LogP contribution in [0.15, 0.2) is 164 Å². The predicted molar refractivity (Wildman–Crippen MR) is 318 cm³/mol. The molecule has 2 aliphatic heterocycles. The van der Waals surface area contributed by atoms with Crippen LogP contribution < -0.4 is 15.8 Å². The third-order valence-corrected chi connectivity index (χ3v) is 16.2. The zero-order valence-corrected chi connectivity index (χ0v) is 46.0. The first kappa shape index (κ1) is 47.6. The molecule has 4 nitrogen and oxygen atoms in total. The molecule has 0 unspecified atom stereocenters. The summed E-state index contributed by atoms with van der Waals surface area (Å²) in [4.78, 5) is 8.50. The second-order valence-electron chi connectivity index (χ2n) is 25.4. The Balaban J connectivity index is 1.34. The number of fused-ring (bicyclic) bond motifs is 6. The van der Waals surface area contributed by atoms with E-state index in [4.69, 9.17) is 4.98 Å². The summed E-state index contributed by atoms with van der Waals surface area (Å²) in [5.41, 5.74) is 26.5. The van der Waals surface area contributed by atoms with E-state index in [1.54, 1.807) is 0 Å². The van der Waals surface area contributed by atoms with E-state index < -0.39 is 0 Å². The quantitative estimate of drug-likeness (QED) is 0.161. The van der Waals surface area contributed by atoms with Crippen LogP contribution in [0.25, 0.3) is 72.5 Å². The van der Waals surface area contributed by atoms with Crippen molar-refractivity contribution >= 4 is 56.8 Å². The molecule has 0 radical (unpaired) electrons. The smallest absolute Gasteiger partial charge is 0.333 e. The first-order valence-electron chi connectivity index (χ1n) is 26.7. The lowest BCUT2D eigenvalue weighted by molar-refractivity contribution is 0.589. The van der Waals surface area contributed by atoms with Crippen LogP contribution in [0.2, 0.25) is 0 Å². The fourth-order valence-electron chi connectivity index (χ4n) is 12.2. The van der Waals surface area contributed by atoms with Crippen LogP contribution in [0.4, 0.5) is 17.1 Å². The molecule has 0 bridgehead atoms. The van der Waals surface area contributed by atoms with Crippen LogP contribution in [-0.2, 0) is 21.7 Å². The van der Waals surface area contributed by atoms with Gasteiger partial charge in [0, 0.05) is 56.0 Å². The van der Waals surface area contributed by atoms with Crippen molar-refractivity contribution in [1.82, 2.24) is 14.0 Å². The number of hydrogen-bond acceptors (Lipinski definition) is 2. The van der Waals surface area contributed by atoms with Gasteiger partial charge in [0.15, 0.2) is 0 Å². The van der Waals surface area contributed by atoms with Crippen molar-refractivity contribution in [3.8, 4) is 50.6 Å². The maximum absolute atomic E-state index is 5.91. The molecule has 0 fully saturated rings. The van der Waals surface area contributed by atoms with E-state index in [-0.39, 0.29) is 28.5 Å². The van der Waals surface area contributed by atoms with Crippen molar-refractivity contribution < 1.29 is 0 Å². The molecule has 0 N–H and O–H groups in total. The number of rotatable bonds is 5. The number of anilines is 3. The van der Waals surface area contributed by atoms with Gasteiger partial charge < -0.3 is 9.38 Å². The zero-order valence-electron chi connectivity index (χ0n) is 46.0. The lowest BCUT2D eigenvalue weighted by Crippen LogP contribution is -2.57. The Bertz CT molecular complexity index is 3840. The van der Waals surface area contributed by atoms with Gasteiger partial charge in [-0.15, -0.1) is 0 Å². The minimum atomic E-state index is -0.178. The van der Waals surface area contributed by atoms with Gasteiger partial charge in [0.25, 0.3) is 0 Å². The van der Waals surface area contributed by atoms with E-state index in [2.05, 4.69) is 275 Å². The third-order valence-electron chi connectivity index (χ3n) is 16.2. The number of hydrogen-bond donors (Lipinski definition) is 0. The van der Waals surface area contributed by atoms with Crippen molar-refractivity contribution in [2.24, 2.45) is 0 Å². The standard InChI is InChI=1S/C69H69BN4/c1-42-22-21-23-43(2)58(42)65-71-55-41-53-59(44-24-17-15-18-25-44)62(45-26-19-16-20-27-45)74-63(53)60(64(55)73(65)51-35-30-47(31-36-51)67(6,7)8)52-38-49(69(12,13)14)40-57-61(52)70(74)54-39-48(68(9,10)11)32-37-56(54)72(57)50-33-28-46(29-34-50)66(3,4)5/h15-41H,1-14H3. The Kier molecular flexibility index (Phi) is 10.7. The molecule has 8 aromatic carbocycles. The summed E-state index contributed by atoms with van der Waals surface area (Å²) in [6.45, 7) is 32.3. The van der Waals surface area contributed by atoms with Gasteiger partial charge in [-0.1, -0.05) is 204 Å². The monoisotopic (exact) mass is 965 g/mol. The summed E-state index contributed by atoms with van der Waals surface area (Å²) in [5.74, 6) is 0.961. The van der Waals surface area contributed by atoms with Gasteiger partial charge in [-0.25, -0.2) is 4.98 Å². The van der Waals surface area contributed by atoms with E-state index in [1.807, 2.05) is 0 Å². The number of nitrogens with zero attached hydrogens (tertiary/aromatic N) is 4. The number of aryl methyl sites for hydroxylation is 2. The molecule has 0 saturated heterocycles. The highest BCUT2D eigenvalue weighted by atomic mass is 15.2. The average molecular weight is 965 g/mol. The third kappa shape index (κ3) is 7.43. The summed E-state index contributed by atoms with van der Waals surface area (Å²) >= 11 is 0. The normalized spacial score (nSPS) is 13.5. The van der Waals surface area contributed by atoms with Gasteiger partial charge in [0.2, 0.25) is 0 Å². The van der Waals surface area contributed by atoms with Gasteiger partial charge in [-0.05, 0) is 139 Å². The minimum absolute atomic E-state index is 0.00477. The van der Waals surface area contributed by atoms with E-state index in [9.17, 15) is 0 Å². The van der Waals surface area contributed by atoms with Crippen molar-refractivity contribution in [2.45, 2.75) is 119 Å². The van der Waals surface area contributed by atoms with Crippen molar-refractivity contribution in [1.29, 1.82) is 0 Å². The summed E-state index contributed by atoms with van der Waals surface area (Å²) in [6, 6.07) is 62.6. The van der Waals surface area contributed by atoms with Crippen molar-refractivity contribution in [2.75, 3.05) is 4.90 Å². The minimum Gasteiger partial charge on any atom is -0.375 e. The SMILES string of the molecule is Cc1cccc(C)c1-c1nc2cc3c(-c4ccccc4)c(-c4ccccc4)n4c3c(c2n1-c1ccc(C(C)(C)C)cc1)-c1cc(C(C)(C)C)cc2c1B4c1cc(C(C)(C)C)ccc1N2c1ccc(C(C)(C)C)cc1. The molecule has 368 valence electrons.